The van der Waals surface area contributed by atoms with Gasteiger partial charge in [-0.1, -0.05) is 37.9 Å². The molecule has 14 heavy (non-hydrogen) atoms. The first-order valence-electron chi connectivity index (χ1n) is 4.04. The van der Waals surface area contributed by atoms with Gasteiger partial charge in [-0.15, -0.1) is 0 Å². The molecule has 3 heteroatoms. The van der Waals surface area contributed by atoms with Crippen molar-refractivity contribution in [3.05, 3.63) is 51.7 Å². The van der Waals surface area contributed by atoms with Gasteiger partial charge in [0.15, 0.2) is 0 Å². The van der Waals surface area contributed by atoms with Crippen molar-refractivity contribution in [2.75, 3.05) is 0 Å². The van der Waals surface area contributed by atoms with Crippen molar-refractivity contribution in [1.29, 1.82) is 0 Å². The van der Waals surface area contributed by atoms with E-state index in [1.165, 1.54) is 0 Å². The molecule has 1 aromatic carbocycles. The first-order valence-corrected chi connectivity index (χ1v) is 5.63. The molecule has 69 valence electrons. The highest BCUT2D eigenvalue weighted by Crippen LogP contribution is 2.26. The summed E-state index contributed by atoms with van der Waals surface area (Å²) >= 11 is 6.90. The Labute approximate surface area is 99.4 Å². The van der Waals surface area contributed by atoms with Crippen LogP contribution in [0.25, 0.3) is 11.1 Å². The molecule has 0 N–H and O–H groups in total. The Balaban J connectivity index is 2.52. The molecule has 0 unspecified atom stereocenters. The third-order valence-electron chi connectivity index (χ3n) is 1.81. The second-order valence-corrected chi connectivity index (χ2v) is 4.67. The van der Waals surface area contributed by atoms with Crippen LogP contribution < -0.4 is 0 Å². The number of halogens is 2. The van der Waals surface area contributed by atoms with Crippen molar-refractivity contribution in [2.24, 2.45) is 0 Å². The Bertz CT molecular complexity index is 420. The highest BCUT2D eigenvalue weighted by molar-refractivity contribution is 9.11. The van der Waals surface area contributed by atoms with Crippen LogP contribution in [0.5, 0.6) is 0 Å². The summed E-state index contributed by atoms with van der Waals surface area (Å²) in [7, 11) is 0. The zero-order valence-corrected chi connectivity index (χ0v) is 10.3. The van der Waals surface area contributed by atoms with Crippen molar-refractivity contribution in [3.8, 4) is 11.1 Å². The minimum Gasteiger partial charge on any atom is -0.254 e. The first-order chi connectivity index (χ1) is 6.75. The van der Waals surface area contributed by atoms with Crippen LogP contribution >= 0.6 is 31.9 Å². The summed E-state index contributed by atoms with van der Waals surface area (Å²) in [4.78, 5) is 3.96. The van der Waals surface area contributed by atoms with Gasteiger partial charge >= 0.3 is 0 Å². The van der Waals surface area contributed by atoms with E-state index in [9.17, 15) is 0 Å². The van der Waals surface area contributed by atoms with E-state index in [0.717, 1.165) is 20.1 Å². The lowest BCUT2D eigenvalue weighted by atomic mass is 10.1. The topological polar surface area (TPSA) is 12.9 Å². The van der Waals surface area contributed by atoms with E-state index < -0.39 is 0 Å². The number of nitrogens with zero attached hydrogens (tertiary/aromatic N) is 1. The van der Waals surface area contributed by atoms with Crippen LogP contribution in [0.4, 0.5) is 0 Å². The Kier molecular flexibility index (Phi) is 2.99. The van der Waals surface area contributed by atoms with Crippen LogP contribution in [-0.2, 0) is 0 Å². The van der Waals surface area contributed by atoms with E-state index in [0.29, 0.717) is 0 Å². The molecule has 1 radical (unpaired) electrons. The van der Waals surface area contributed by atoms with Gasteiger partial charge in [-0.05, 0) is 29.8 Å². The Morgan fingerprint density at radius 2 is 1.71 bits per heavy atom. The van der Waals surface area contributed by atoms with Gasteiger partial charge in [0.25, 0.3) is 0 Å². The first kappa shape index (κ1) is 9.87. The Hall–Kier alpha value is -0.670. The lowest BCUT2D eigenvalue weighted by molar-refractivity contribution is 1.31. The number of aromatic nitrogens is 1. The number of pyridine rings is 1. The standard InChI is InChI=1S/C11H6Br2N/c12-10-4-9(5-11(13)6-10)8-2-1-3-14-7-8/h1-2,4-7H. The molecule has 0 amide bonds. The van der Waals surface area contributed by atoms with Crippen molar-refractivity contribution in [3.63, 3.8) is 0 Å². The van der Waals surface area contributed by atoms with Crippen molar-refractivity contribution < 1.29 is 0 Å². The molecule has 1 nitrogen and oxygen atoms in total. The summed E-state index contributed by atoms with van der Waals surface area (Å²) in [6.07, 6.45) is 4.56. The monoisotopic (exact) mass is 310 g/mol. The van der Waals surface area contributed by atoms with Gasteiger partial charge in [0.2, 0.25) is 0 Å². The fourth-order valence-electron chi connectivity index (χ4n) is 1.21. The predicted octanol–water partition coefficient (Wildman–Crippen LogP) is 4.07. The average molecular weight is 312 g/mol. The maximum Gasteiger partial charge on any atom is 0.0886 e. The maximum atomic E-state index is 3.96. The van der Waals surface area contributed by atoms with Gasteiger partial charge in [0.1, 0.15) is 0 Å². The molecule has 1 heterocycles. The third kappa shape index (κ3) is 2.22. The van der Waals surface area contributed by atoms with Crippen LogP contribution in [0.2, 0.25) is 0 Å². The molecule has 2 rings (SSSR count). The van der Waals surface area contributed by atoms with Crippen molar-refractivity contribution in [1.82, 2.24) is 4.98 Å². The van der Waals surface area contributed by atoms with Crippen LogP contribution in [0.1, 0.15) is 0 Å². The zero-order valence-electron chi connectivity index (χ0n) is 7.17. The Morgan fingerprint density at radius 3 is 2.29 bits per heavy atom. The summed E-state index contributed by atoms with van der Waals surface area (Å²) in [6.45, 7) is 0. The molecule has 0 saturated carbocycles. The number of rotatable bonds is 1. The maximum absolute atomic E-state index is 3.96. The quantitative estimate of drug-likeness (QED) is 0.773. The SMILES string of the molecule is Brc1cc(Br)cc(-c2cc[c]nc2)c1. The second kappa shape index (κ2) is 4.24. The van der Waals surface area contributed by atoms with Gasteiger partial charge in [-0.25, -0.2) is 0 Å². The van der Waals surface area contributed by atoms with Gasteiger partial charge < -0.3 is 0 Å². The molecule has 0 aliphatic rings. The lowest BCUT2D eigenvalue weighted by Crippen LogP contribution is -1.79. The zero-order chi connectivity index (χ0) is 9.97. The number of benzene rings is 1. The summed E-state index contributed by atoms with van der Waals surface area (Å²) < 4.78 is 2.10. The minimum absolute atomic E-state index is 1.05. The molecule has 0 fully saturated rings. The molecule has 0 bridgehead atoms. The summed E-state index contributed by atoms with van der Waals surface area (Å²) in [5.74, 6) is 0. The van der Waals surface area contributed by atoms with E-state index in [1.807, 2.05) is 18.2 Å². The molecule has 0 atom stereocenters. The predicted molar refractivity (Wildman–Crippen MR) is 63.9 cm³/mol. The molecule has 2 aromatic rings. The van der Waals surface area contributed by atoms with Crippen LogP contribution in [-0.4, -0.2) is 4.98 Å². The number of hydrogen-bond donors (Lipinski definition) is 0. The van der Waals surface area contributed by atoms with Crippen molar-refractivity contribution >= 4 is 31.9 Å². The van der Waals surface area contributed by atoms with Gasteiger partial charge in [-0.3, -0.25) is 4.98 Å². The number of hydrogen-bond acceptors (Lipinski definition) is 1. The second-order valence-electron chi connectivity index (χ2n) is 2.83. The van der Waals surface area contributed by atoms with E-state index in [4.69, 9.17) is 0 Å². The molecular formula is C11H6Br2N. The molecule has 0 saturated heterocycles. The van der Waals surface area contributed by atoms with Crippen LogP contribution in [0, 0.1) is 6.20 Å². The van der Waals surface area contributed by atoms with Crippen LogP contribution in [0.3, 0.4) is 0 Å². The fourth-order valence-corrected chi connectivity index (χ4v) is 2.50. The lowest BCUT2D eigenvalue weighted by Gasteiger charge is -2.02. The highest BCUT2D eigenvalue weighted by atomic mass is 79.9. The minimum atomic E-state index is 1.05. The molecular weight excluding hydrogens is 306 g/mol. The molecule has 0 spiro atoms. The smallest absolute Gasteiger partial charge is 0.0886 e. The van der Waals surface area contributed by atoms with Crippen molar-refractivity contribution in [2.45, 2.75) is 0 Å². The normalized spacial score (nSPS) is 10.1. The van der Waals surface area contributed by atoms with Gasteiger partial charge in [0.05, 0.1) is 6.20 Å². The molecule has 0 aliphatic carbocycles. The van der Waals surface area contributed by atoms with E-state index in [1.54, 1.807) is 6.20 Å². The average Bonchev–Trinajstić information content (AvgIpc) is 2.18. The summed E-state index contributed by atoms with van der Waals surface area (Å²) in [6, 6.07) is 9.92. The van der Waals surface area contributed by atoms with Crippen LogP contribution in [0.15, 0.2) is 45.5 Å². The highest BCUT2D eigenvalue weighted by Gasteiger charge is 2.00. The van der Waals surface area contributed by atoms with E-state index >= 15 is 0 Å². The van der Waals surface area contributed by atoms with Gasteiger partial charge in [0, 0.05) is 20.7 Å². The van der Waals surface area contributed by atoms with E-state index in [2.05, 4.69) is 55.2 Å². The van der Waals surface area contributed by atoms with E-state index in [-0.39, 0.29) is 0 Å². The molecule has 1 aromatic heterocycles. The fraction of sp³-hybridized carbons (Fsp3) is 0. The van der Waals surface area contributed by atoms with Gasteiger partial charge in [-0.2, -0.15) is 0 Å². The molecule has 0 aliphatic heterocycles. The largest absolute Gasteiger partial charge is 0.254 e. The Morgan fingerprint density at radius 1 is 1.00 bits per heavy atom. The summed E-state index contributed by atoms with van der Waals surface area (Å²) in [5, 5.41) is 0. The third-order valence-corrected chi connectivity index (χ3v) is 2.73. The summed E-state index contributed by atoms with van der Waals surface area (Å²) in [5.41, 5.74) is 2.22.